The van der Waals surface area contributed by atoms with Crippen molar-refractivity contribution in [1.82, 2.24) is 0 Å². The molecule has 0 bridgehead atoms. The smallest absolute Gasteiger partial charge is 0 e. The molecular weight excluding hydrogens is 517 g/mol. The molecule has 0 aromatic carbocycles. The van der Waals surface area contributed by atoms with Gasteiger partial charge in [-0.15, -0.1) is 0 Å². The van der Waals surface area contributed by atoms with Crippen molar-refractivity contribution in [2.75, 3.05) is 0 Å². The SMILES string of the molecule is O=P(O)(O)OP(=O)(O)O.[BaH2].[NaH].[Zr].[Zr]. The van der Waals surface area contributed by atoms with Crippen LogP contribution in [0.5, 0.6) is 0 Å². The number of hydrogen-bond donors (Lipinski definition) is 4. The van der Waals surface area contributed by atoms with Gasteiger partial charge in [0, 0.05) is 52.4 Å². The molecule has 0 atom stereocenters. The Kier molecular flexibility index (Phi) is 30.6. The zero-order valence-electron chi connectivity index (χ0n) is 4.91. The van der Waals surface area contributed by atoms with Gasteiger partial charge in [-0.2, -0.15) is 4.31 Å². The van der Waals surface area contributed by atoms with E-state index in [1.165, 1.54) is 0 Å². The molecule has 70 valence electrons. The zero-order valence-corrected chi connectivity index (χ0v) is 11.6. The summed E-state index contributed by atoms with van der Waals surface area (Å²) >= 11 is 0. The Labute approximate surface area is 175 Å². The van der Waals surface area contributed by atoms with E-state index >= 15 is 0 Å². The second kappa shape index (κ2) is 13.0. The van der Waals surface area contributed by atoms with Gasteiger partial charge in [0.25, 0.3) is 0 Å². The summed E-state index contributed by atoms with van der Waals surface area (Å²) in [5, 5.41) is 0. The average molecular weight is 524 g/mol. The summed E-state index contributed by atoms with van der Waals surface area (Å²) in [4.78, 5) is 31.0. The Morgan fingerprint density at radius 1 is 0.846 bits per heavy atom. The Bertz CT molecular complexity index is 165. The van der Waals surface area contributed by atoms with Crippen molar-refractivity contribution in [2.45, 2.75) is 0 Å². The monoisotopic (exact) mass is 522 g/mol. The van der Waals surface area contributed by atoms with Gasteiger partial charge in [0.15, 0.2) is 0 Å². The molecule has 0 fully saturated rings. The standard InChI is InChI=1S/Ba.Na.H4O7P2.2Zr.3H/c;;1-8(2,3)7-9(4,5)6;;;;;/h;;(H2,1,2,3)(H2,4,5,6);;;;;. The summed E-state index contributed by atoms with van der Waals surface area (Å²) in [5.41, 5.74) is 0. The maximum absolute atomic E-state index is 9.63. The van der Waals surface area contributed by atoms with Crippen LogP contribution in [0.3, 0.4) is 0 Å². The minimum Gasteiger partial charge on any atom is 0 e. The first-order valence-electron chi connectivity index (χ1n) is 1.53. The molecule has 0 spiro atoms. The fraction of sp³-hybridized carbons (Fsp3) is 0. The van der Waals surface area contributed by atoms with E-state index in [4.69, 9.17) is 19.6 Å². The Morgan fingerprint density at radius 2 is 1.00 bits per heavy atom. The van der Waals surface area contributed by atoms with Crippen molar-refractivity contribution in [2.24, 2.45) is 0 Å². The Hall–Kier alpha value is 4.60. The van der Waals surface area contributed by atoms with E-state index in [9.17, 15) is 9.13 Å². The van der Waals surface area contributed by atoms with Crippen LogP contribution < -0.4 is 0 Å². The average Bonchev–Trinajstić information content (AvgIpc) is 1.14. The molecule has 0 amide bonds. The first kappa shape index (κ1) is 30.5. The van der Waals surface area contributed by atoms with Gasteiger partial charge >= 0.3 is 94.1 Å². The summed E-state index contributed by atoms with van der Waals surface area (Å²) in [6.07, 6.45) is 0. The second-order valence-corrected chi connectivity index (χ2v) is 3.68. The van der Waals surface area contributed by atoms with Crippen molar-refractivity contribution in [3.8, 4) is 0 Å². The van der Waals surface area contributed by atoms with Crippen molar-refractivity contribution >= 4 is 94.1 Å². The topological polar surface area (TPSA) is 124 Å². The van der Waals surface area contributed by atoms with Crippen molar-refractivity contribution in [1.29, 1.82) is 0 Å². The molecular formula is H7BaNaO7P2Zr2. The number of phosphoric acid groups is 2. The van der Waals surface area contributed by atoms with E-state index in [2.05, 4.69) is 4.31 Å². The zero-order chi connectivity index (χ0) is 7.71. The van der Waals surface area contributed by atoms with E-state index in [0.29, 0.717) is 0 Å². The molecule has 13 heteroatoms. The molecule has 0 aliphatic carbocycles. The summed E-state index contributed by atoms with van der Waals surface area (Å²) < 4.78 is 22.2. The van der Waals surface area contributed by atoms with Gasteiger partial charge in [-0.3, -0.25) is 0 Å². The molecule has 13 heavy (non-hydrogen) atoms. The maximum atomic E-state index is 9.63. The predicted molar refractivity (Wildman–Crippen MR) is 40.9 cm³/mol. The molecule has 0 aromatic heterocycles. The molecule has 4 N–H and O–H groups in total. The predicted octanol–water partition coefficient (Wildman–Crippen LogP) is -2.38. The van der Waals surface area contributed by atoms with Crippen LogP contribution in [0.1, 0.15) is 0 Å². The Morgan fingerprint density at radius 3 is 1.00 bits per heavy atom. The molecule has 0 saturated carbocycles. The minimum absolute atomic E-state index is 0. The molecule has 0 heterocycles. The maximum Gasteiger partial charge on any atom is 0 e. The van der Waals surface area contributed by atoms with Crippen molar-refractivity contribution in [3.63, 3.8) is 0 Å². The molecule has 0 aliphatic rings. The molecule has 0 aromatic rings. The third-order valence-electron chi connectivity index (χ3n) is 0.213. The van der Waals surface area contributed by atoms with Gasteiger partial charge < -0.3 is 19.6 Å². The third-order valence-corrected chi connectivity index (χ3v) is 1.91. The van der Waals surface area contributed by atoms with Crippen LogP contribution in [0.15, 0.2) is 0 Å². The van der Waals surface area contributed by atoms with Crippen LogP contribution in [0, 0.1) is 0 Å². The fourth-order valence-electron chi connectivity index (χ4n) is 0.139. The number of rotatable bonds is 2. The minimum atomic E-state index is -5.05. The second-order valence-electron chi connectivity index (χ2n) is 1.06. The molecule has 0 saturated heterocycles. The van der Waals surface area contributed by atoms with Crippen LogP contribution in [0.4, 0.5) is 0 Å². The quantitative estimate of drug-likeness (QED) is 0.235. The van der Waals surface area contributed by atoms with E-state index in [1.807, 2.05) is 0 Å². The van der Waals surface area contributed by atoms with Crippen LogP contribution in [-0.2, 0) is 65.8 Å². The molecule has 0 aliphatic heterocycles. The summed E-state index contributed by atoms with van der Waals surface area (Å²) in [5.74, 6) is 0. The molecule has 0 unspecified atom stereocenters. The van der Waals surface area contributed by atoms with Crippen LogP contribution in [0.25, 0.3) is 0 Å². The van der Waals surface area contributed by atoms with E-state index < -0.39 is 15.6 Å². The first-order valence-corrected chi connectivity index (χ1v) is 4.59. The van der Waals surface area contributed by atoms with Gasteiger partial charge in [0.05, 0.1) is 0 Å². The van der Waals surface area contributed by atoms with Crippen molar-refractivity contribution < 1.29 is 85.4 Å². The van der Waals surface area contributed by atoms with Gasteiger partial charge in [0.1, 0.15) is 0 Å². The van der Waals surface area contributed by atoms with Crippen LogP contribution in [0.2, 0.25) is 0 Å². The number of hydrogen-bond acceptors (Lipinski definition) is 3. The summed E-state index contributed by atoms with van der Waals surface area (Å²) in [6, 6.07) is 0. The molecule has 0 rings (SSSR count). The van der Waals surface area contributed by atoms with E-state index in [1.54, 1.807) is 0 Å². The van der Waals surface area contributed by atoms with Crippen molar-refractivity contribution in [3.05, 3.63) is 0 Å². The molecule has 7 nitrogen and oxygen atoms in total. The normalized spacial score (nSPS) is 9.54. The third kappa shape index (κ3) is 31.5. The van der Waals surface area contributed by atoms with Gasteiger partial charge in [-0.1, -0.05) is 0 Å². The van der Waals surface area contributed by atoms with Gasteiger partial charge in [-0.25, -0.2) is 9.13 Å². The van der Waals surface area contributed by atoms with Gasteiger partial charge in [-0.05, 0) is 0 Å². The van der Waals surface area contributed by atoms with E-state index in [0.717, 1.165) is 0 Å². The van der Waals surface area contributed by atoms with Crippen LogP contribution in [-0.4, -0.2) is 98.0 Å². The van der Waals surface area contributed by atoms with Gasteiger partial charge in [0.2, 0.25) is 0 Å². The Balaban J connectivity index is -0.0000000533. The summed E-state index contributed by atoms with van der Waals surface area (Å²) in [6.45, 7) is 0. The first-order chi connectivity index (χ1) is 3.71. The summed E-state index contributed by atoms with van der Waals surface area (Å²) in [7, 11) is -10.1. The largest absolute Gasteiger partial charge is 0 e. The van der Waals surface area contributed by atoms with Crippen LogP contribution >= 0.6 is 15.6 Å². The van der Waals surface area contributed by atoms with E-state index in [-0.39, 0.29) is 131 Å². The fourth-order valence-corrected chi connectivity index (χ4v) is 1.25. The molecule has 0 radical (unpaired) electrons.